The van der Waals surface area contributed by atoms with Crippen molar-refractivity contribution in [3.8, 4) is 11.1 Å². The molecule has 8 heteroatoms. The number of aliphatic carboxylic acids is 1. The summed E-state index contributed by atoms with van der Waals surface area (Å²) in [6, 6.07) is 24.7. The van der Waals surface area contributed by atoms with Crippen LogP contribution in [0.1, 0.15) is 49.3 Å². The molecule has 40 heavy (non-hydrogen) atoms. The van der Waals surface area contributed by atoms with Crippen molar-refractivity contribution < 1.29 is 24.2 Å². The molecule has 0 saturated heterocycles. The van der Waals surface area contributed by atoms with Gasteiger partial charge >= 0.3 is 12.1 Å². The lowest BCUT2D eigenvalue weighted by Crippen LogP contribution is -2.60. The van der Waals surface area contributed by atoms with Gasteiger partial charge in [0.05, 0.1) is 0 Å². The summed E-state index contributed by atoms with van der Waals surface area (Å²) in [6.45, 7) is 4.24. The maximum absolute atomic E-state index is 13.4. The molecule has 0 bridgehead atoms. The normalized spacial score (nSPS) is 14.5. The predicted molar refractivity (Wildman–Crippen MR) is 154 cm³/mol. The largest absolute Gasteiger partial charge is 0.480 e. The van der Waals surface area contributed by atoms with Gasteiger partial charge in [-0.15, -0.1) is 0 Å². The molecule has 3 aromatic carbocycles. The molecule has 0 heterocycles. The number of fused-ring (bicyclic) bond motifs is 3. The van der Waals surface area contributed by atoms with Crippen LogP contribution in [0.3, 0.4) is 0 Å². The predicted octanol–water partition coefficient (Wildman–Crippen LogP) is 4.79. The van der Waals surface area contributed by atoms with Crippen LogP contribution in [0, 0.1) is 0 Å². The van der Waals surface area contributed by atoms with Gasteiger partial charge in [-0.05, 0) is 48.2 Å². The van der Waals surface area contributed by atoms with Gasteiger partial charge in [0.15, 0.2) is 0 Å². The van der Waals surface area contributed by atoms with Gasteiger partial charge in [0.1, 0.15) is 18.2 Å². The number of carboxylic acids is 1. The minimum atomic E-state index is -1.34. The van der Waals surface area contributed by atoms with Crippen LogP contribution in [0.2, 0.25) is 0 Å². The van der Waals surface area contributed by atoms with Gasteiger partial charge in [0.2, 0.25) is 5.91 Å². The summed E-state index contributed by atoms with van der Waals surface area (Å²) < 4.78 is 5.66. The number of nitrogens with one attached hydrogen (secondary N) is 2. The quantitative estimate of drug-likeness (QED) is 0.303. The molecule has 4 rings (SSSR count). The van der Waals surface area contributed by atoms with E-state index in [2.05, 4.69) is 22.8 Å². The maximum Gasteiger partial charge on any atom is 0.408 e. The van der Waals surface area contributed by atoms with E-state index in [1.54, 1.807) is 14.0 Å². The second kappa shape index (κ2) is 12.8. The highest BCUT2D eigenvalue weighted by Crippen LogP contribution is 2.44. The number of ether oxygens (including phenoxy) is 1. The molecule has 210 valence electrons. The van der Waals surface area contributed by atoms with Crippen LogP contribution < -0.4 is 10.6 Å². The van der Waals surface area contributed by atoms with Crippen LogP contribution in [-0.2, 0) is 20.9 Å². The molecule has 2 amide bonds. The topological polar surface area (TPSA) is 108 Å². The first-order chi connectivity index (χ1) is 19.2. The van der Waals surface area contributed by atoms with Crippen molar-refractivity contribution in [3.63, 3.8) is 0 Å². The Bertz CT molecular complexity index is 1300. The van der Waals surface area contributed by atoms with Crippen LogP contribution in [0.4, 0.5) is 4.79 Å². The van der Waals surface area contributed by atoms with Crippen molar-refractivity contribution in [2.75, 3.05) is 20.2 Å². The van der Waals surface area contributed by atoms with Crippen molar-refractivity contribution in [2.24, 2.45) is 0 Å². The Morgan fingerprint density at radius 2 is 1.52 bits per heavy atom. The third kappa shape index (κ3) is 6.69. The summed E-state index contributed by atoms with van der Waals surface area (Å²) in [5, 5.41) is 15.2. The van der Waals surface area contributed by atoms with Crippen LogP contribution in [0.25, 0.3) is 11.1 Å². The third-order valence-electron chi connectivity index (χ3n) is 7.37. The molecule has 2 atom stereocenters. The average Bonchev–Trinajstić information content (AvgIpc) is 3.25. The lowest BCUT2D eigenvalue weighted by molar-refractivity contribution is -0.143. The zero-order valence-electron chi connectivity index (χ0n) is 23.2. The van der Waals surface area contributed by atoms with Crippen molar-refractivity contribution in [1.29, 1.82) is 0 Å². The number of rotatable bonds is 12. The van der Waals surface area contributed by atoms with E-state index in [0.717, 1.165) is 27.8 Å². The number of amides is 2. The minimum absolute atomic E-state index is 0.100. The van der Waals surface area contributed by atoms with E-state index in [1.165, 1.54) is 0 Å². The number of hydrogen-bond acceptors (Lipinski definition) is 5. The summed E-state index contributed by atoms with van der Waals surface area (Å²) in [7, 11) is 1.80. The first-order valence-corrected chi connectivity index (χ1v) is 13.6. The zero-order chi connectivity index (χ0) is 28.7. The van der Waals surface area contributed by atoms with Gasteiger partial charge in [-0.25, -0.2) is 9.59 Å². The van der Waals surface area contributed by atoms with E-state index in [-0.39, 0.29) is 19.1 Å². The molecular weight excluding hydrogens is 506 g/mol. The molecule has 0 radical (unpaired) electrons. The number of carboxylic acid groups (broad SMARTS) is 1. The van der Waals surface area contributed by atoms with E-state index in [1.807, 2.05) is 78.6 Å². The second-order valence-electron chi connectivity index (χ2n) is 10.6. The Morgan fingerprint density at radius 1 is 0.950 bits per heavy atom. The Hall–Kier alpha value is -4.17. The first-order valence-electron chi connectivity index (χ1n) is 13.6. The zero-order valence-corrected chi connectivity index (χ0v) is 23.2. The van der Waals surface area contributed by atoms with Crippen LogP contribution in [0.15, 0.2) is 78.9 Å². The third-order valence-corrected chi connectivity index (χ3v) is 7.37. The van der Waals surface area contributed by atoms with Gasteiger partial charge in [-0.3, -0.25) is 9.69 Å². The fraction of sp³-hybridized carbons (Fsp3) is 0.344. The number of nitrogens with zero attached hydrogens (tertiary/aromatic N) is 1. The summed E-state index contributed by atoms with van der Waals surface area (Å²) in [6.07, 6.45) is 0.190. The lowest BCUT2D eigenvalue weighted by Gasteiger charge is -2.31. The number of benzene rings is 3. The Morgan fingerprint density at radius 3 is 2.10 bits per heavy atom. The first kappa shape index (κ1) is 28.8. The average molecular weight is 544 g/mol. The Balaban J connectivity index is 1.39. The van der Waals surface area contributed by atoms with E-state index in [0.29, 0.717) is 19.4 Å². The molecular formula is C32H37N3O5. The maximum atomic E-state index is 13.4. The lowest BCUT2D eigenvalue weighted by atomic mass is 9.94. The van der Waals surface area contributed by atoms with E-state index in [4.69, 9.17) is 4.74 Å². The molecule has 1 aliphatic carbocycles. The Labute approximate surface area is 235 Å². The van der Waals surface area contributed by atoms with Crippen molar-refractivity contribution in [1.82, 2.24) is 15.5 Å². The highest BCUT2D eigenvalue weighted by Gasteiger charge is 2.38. The number of alkyl carbamates (subject to hydrolysis) is 1. The summed E-state index contributed by atoms with van der Waals surface area (Å²) in [5.41, 5.74) is 4.12. The molecule has 0 aromatic heterocycles. The van der Waals surface area contributed by atoms with Crippen LogP contribution in [0.5, 0.6) is 0 Å². The minimum Gasteiger partial charge on any atom is -0.480 e. The number of likely N-dealkylation sites (N-methyl/N-ethyl adjacent to an activating group) is 1. The van der Waals surface area contributed by atoms with Gasteiger partial charge in [-0.2, -0.15) is 0 Å². The molecule has 3 aromatic rings. The van der Waals surface area contributed by atoms with E-state index in [9.17, 15) is 19.5 Å². The van der Waals surface area contributed by atoms with E-state index < -0.39 is 29.6 Å². The summed E-state index contributed by atoms with van der Waals surface area (Å²) >= 11 is 0. The number of carbonyl (C=O) groups excluding carboxylic acids is 2. The van der Waals surface area contributed by atoms with Gasteiger partial charge < -0.3 is 20.5 Å². The SMILES string of the molecule is CCCC(C)(NC(=O)OCC1c2ccccc2-c2ccccc21)C(=O)NC(CN(C)Cc1ccccc1)C(=O)O. The standard InChI is InChI=1S/C32H37N3O5/c1-4-18-32(2,30(38)33-28(29(36)37)20-35(3)19-22-12-6-5-7-13-22)34-31(39)40-21-27-25-16-10-8-14-23(25)24-15-9-11-17-26(24)27/h5-17,27-28H,4,18-21H2,1-3H3,(H,33,38)(H,34,39)(H,36,37). The summed E-state index contributed by atoms with van der Waals surface area (Å²) in [4.78, 5) is 40.2. The molecule has 0 spiro atoms. The van der Waals surface area contributed by atoms with E-state index >= 15 is 0 Å². The highest BCUT2D eigenvalue weighted by atomic mass is 16.5. The molecule has 0 fully saturated rings. The molecule has 0 aliphatic heterocycles. The van der Waals surface area contributed by atoms with Gasteiger partial charge in [0, 0.05) is 19.0 Å². The van der Waals surface area contributed by atoms with Crippen molar-refractivity contribution in [2.45, 2.75) is 50.7 Å². The summed E-state index contributed by atoms with van der Waals surface area (Å²) in [5.74, 6) is -1.82. The number of hydrogen-bond donors (Lipinski definition) is 3. The molecule has 0 saturated carbocycles. The molecule has 3 N–H and O–H groups in total. The van der Waals surface area contributed by atoms with Crippen molar-refractivity contribution in [3.05, 3.63) is 95.6 Å². The monoisotopic (exact) mass is 543 g/mol. The van der Waals surface area contributed by atoms with Crippen LogP contribution >= 0.6 is 0 Å². The highest BCUT2D eigenvalue weighted by molar-refractivity contribution is 5.92. The fourth-order valence-electron chi connectivity index (χ4n) is 5.37. The second-order valence-corrected chi connectivity index (χ2v) is 10.6. The Kier molecular flexibility index (Phi) is 9.22. The number of carbonyl (C=O) groups is 3. The van der Waals surface area contributed by atoms with Gasteiger partial charge in [-0.1, -0.05) is 92.2 Å². The van der Waals surface area contributed by atoms with Crippen molar-refractivity contribution >= 4 is 18.0 Å². The fourth-order valence-corrected chi connectivity index (χ4v) is 5.37. The molecule has 8 nitrogen and oxygen atoms in total. The van der Waals surface area contributed by atoms with Gasteiger partial charge in [0.25, 0.3) is 0 Å². The molecule has 1 aliphatic rings. The van der Waals surface area contributed by atoms with Crippen LogP contribution in [-0.4, -0.2) is 59.8 Å². The smallest absolute Gasteiger partial charge is 0.408 e. The molecule has 2 unspecified atom stereocenters.